The molecule has 1 amide bonds. The van der Waals surface area contributed by atoms with Crippen molar-refractivity contribution >= 4 is 54.5 Å². The topological polar surface area (TPSA) is 61.6 Å². The van der Waals surface area contributed by atoms with Crippen molar-refractivity contribution in [2.45, 2.75) is 13.0 Å². The Kier molecular flexibility index (Phi) is 11.4. The van der Waals surface area contributed by atoms with Crippen LogP contribution in [0.2, 0.25) is 0 Å². The molecule has 0 radical (unpaired) electrons. The number of benzene rings is 2. The number of amides is 1. The summed E-state index contributed by atoms with van der Waals surface area (Å²) in [5.74, 6) is -0.527. The molecule has 0 aliphatic carbocycles. The van der Waals surface area contributed by atoms with Gasteiger partial charge >= 0.3 is 0 Å². The van der Waals surface area contributed by atoms with Crippen LogP contribution in [0.3, 0.4) is 0 Å². The van der Waals surface area contributed by atoms with E-state index >= 15 is 0 Å². The molecule has 0 spiro atoms. The molecule has 2 aromatic rings. The minimum absolute atomic E-state index is 0. The van der Waals surface area contributed by atoms with Gasteiger partial charge < -0.3 is 20.9 Å². The third-order valence-electron chi connectivity index (χ3n) is 4.80. The van der Waals surface area contributed by atoms with Gasteiger partial charge in [-0.05, 0) is 50.4 Å². The van der Waals surface area contributed by atoms with Crippen LogP contribution in [0.5, 0.6) is 0 Å². The number of nitrogens with two attached hydrogens (primary N) is 1. The lowest BCUT2D eigenvalue weighted by atomic mass is 10.0. The number of anilines is 2. The zero-order valence-electron chi connectivity index (χ0n) is 16.4. The molecular formula is C20H28Cl3FN4O. The van der Waals surface area contributed by atoms with Crippen LogP contribution >= 0.6 is 37.2 Å². The Bertz CT molecular complexity index is 801. The molecule has 0 aromatic heterocycles. The molecule has 1 saturated heterocycles. The van der Waals surface area contributed by atoms with E-state index in [1.54, 1.807) is 30.3 Å². The molecule has 3 N–H and O–H groups in total. The number of likely N-dealkylation sites (N-methyl/N-ethyl adjacent to an activating group) is 1. The van der Waals surface area contributed by atoms with Crippen molar-refractivity contribution in [1.29, 1.82) is 0 Å². The Labute approximate surface area is 190 Å². The van der Waals surface area contributed by atoms with Crippen LogP contribution in [0.4, 0.5) is 15.8 Å². The third kappa shape index (κ3) is 6.93. The zero-order chi connectivity index (χ0) is 18.7. The van der Waals surface area contributed by atoms with Crippen molar-refractivity contribution in [1.82, 2.24) is 10.2 Å². The maximum atomic E-state index is 13.9. The van der Waals surface area contributed by atoms with Crippen molar-refractivity contribution in [2.75, 3.05) is 43.9 Å². The number of carbonyl (C=O) groups excluding carboxylic acids is 1. The van der Waals surface area contributed by atoms with E-state index in [4.69, 9.17) is 5.73 Å². The van der Waals surface area contributed by atoms with E-state index in [0.717, 1.165) is 37.4 Å². The second-order valence-electron chi connectivity index (χ2n) is 6.81. The fourth-order valence-electron chi connectivity index (χ4n) is 3.25. The molecule has 5 nitrogen and oxygen atoms in total. The first-order valence-electron chi connectivity index (χ1n) is 8.83. The summed E-state index contributed by atoms with van der Waals surface area (Å²) >= 11 is 0. The van der Waals surface area contributed by atoms with Gasteiger partial charge in [0.1, 0.15) is 5.82 Å². The molecule has 9 heteroatoms. The van der Waals surface area contributed by atoms with Crippen molar-refractivity contribution < 1.29 is 9.18 Å². The first kappa shape index (κ1) is 27.3. The van der Waals surface area contributed by atoms with Crippen LogP contribution in [0.15, 0.2) is 42.5 Å². The van der Waals surface area contributed by atoms with E-state index in [-0.39, 0.29) is 55.0 Å². The van der Waals surface area contributed by atoms with E-state index in [1.807, 2.05) is 6.92 Å². The molecular weight excluding hydrogens is 438 g/mol. The summed E-state index contributed by atoms with van der Waals surface area (Å²) in [6, 6.07) is 11.3. The highest BCUT2D eigenvalue weighted by atomic mass is 35.5. The Morgan fingerprint density at radius 2 is 1.72 bits per heavy atom. The van der Waals surface area contributed by atoms with Gasteiger partial charge in [-0.15, -0.1) is 37.2 Å². The van der Waals surface area contributed by atoms with Crippen molar-refractivity contribution in [2.24, 2.45) is 0 Å². The number of rotatable bonds is 4. The Hall–Kier alpha value is -1.73. The normalized spacial score (nSPS) is 14.7. The number of carbonyl (C=O) groups is 1. The number of piperazine rings is 1. The van der Waals surface area contributed by atoms with E-state index in [9.17, 15) is 9.18 Å². The smallest absolute Gasteiger partial charge is 0.251 e. The average molecular weight is 466 g/mol. The summed E-state index contributed by atoms with van der Waals surface area (Å²) in [4.78, 5) is 17.0. The quantitative estimate of drug-likeness (QED) is 0.672. The molecule has 1 unspecified atom stereocenters. The highest BCUT2D eigenvalue weighted by molar-refractivity contribution is 5.95. The summed E-state index contributed by atoms with van der Waals surface area (Å²) in [6.45, 7) is 5.55. The Balaban J connectivity index is 0.00000261. The standard InChI is InChI=1S/C20H25FN4O.3ClH/c1-14(23-20(26)15-4-3-5-17(22)12-15)18-13-16(21)6-7-19(18)25-10-8-24(2)9-11-25;;;/h3-7,12-14H,8-11,22H2,1-2H3,(H,23,26);3*1H. The van der Waals surface area contributed by atoms with Crippen LogP contribution in [0.25, 0.3) is 0 Å². The lowest BCUT2D eigenvalue weighted by Gasteiger charge is -2.36. The molecule has 1 heterocycles. The maximum Gasteiger partial charge on any atom is 0.251 e. The van der Waals surface area contributed by atoms with Crippen molar-refractivity contribution in [3.05, 3.63) is 59.4 Å². The summed E-state index contributed by atoms with van der Waals surface area (Å²) in [7, 11) is 2.09. The van der Waals surface area contributed by atoms with Gasteiger partial charge in [-0.2, -0.15) is 0 Å². The lowest BCUT2D eigenvalue weighted by molar-refractivity contribution is 0.0940. The van der Waals surface area contributed by atoms with E-state index in [2.05, 4.69) is 22.2 Å². The lowest BCUT2D eigenvalue weighted by Crippen LogP contribution is -2.45. The van der Waals surface area contributed by atoms with Gasteiger partial charge in [0.25, 0.3) is 5.91 Å². The van der Waals surface area contributed by atoms with Gasteiger partial charge in [-0.3, -0.25) is 4.79 Å². The Morgan fingerprint density at radius 1 is 1.07 bits per heavy atom. The maximum absolute atomic E-state index is 13.9. The van der Waals surface area contributed by atoms with Gasteiger partial charge in [0.15, 0.2) is 0 Å². The van der Waals surface area contributed by atoms with Crippen LogP contribution in [-0.2, 0) is 0 Å². The van der Waals surface area contributed by atoms with Crippen molar-refractivity contribution in [3.8, 4) is 0 Å². The minimum atomic E-state index is -0.325. The molecule has 1 fully saturated rings. The van der Waals surface area contributed by atoms with Gasteiger partial charge in [0.2, 0.25) is 0 Å². The number of hydrogen-bond acceptors (Lipinski definition) is 4. The Morgan fingerprint density at radius 3 is 2.34 bits per heavy atom. The number of hydrogen-bond donors (Lipinski definition) is 2. The fourth-order valence-corrected chi connectivity index (χ4v) is 3.25. The number of nitrogens with zero attached hydrogens (tertiary/aromatic N) is 2. The first-order valence-corrected chi connectivity index (χ1v) is 8.83. The van der Waals surface area contributed by atoms with Crippen molar-refractivity contribution in [3.63, 3.8) is 0 Å². The van der Waals surface area contributed by atoms with Crippen LogP contribution < -0.4 is 16.0 Å². The highest BCUT2D eigenvalue weighted by Crippen LogP contribution is 2.28. The van der Waals surface area contributed by atoms with Crippen LogP contribution in [-0.4, -0.2) is 44.0 Å². The summed E-state index contributed by atoms with van der Waals surface area (Å²) in [6.07, 6.45) is 0. The molecule has 0 bridgehead atoms. The molecule has 1 atom stereocenters. The molecule has 1 aliphatic rings. The van der Waals surface area contributed by atoms with E-state index in [0.29, 0.717) is 11.3 Å². The molecule has 0 saturated carbocycles. The highest BCUT2D eigenvalue weighted by Gasteiger charge is 2.21. The largest absolute Gasteiger partial charge is 0.399 e. The van der Waals surface area contributed by atoms with E-state index in [1.165, 1.54) is 12.1 Å². The second-order valence-corrected chi connectivity index (χ2v) is 6.81. The van der Waals surface area contributed by atoms with Crippen LogP contribution in [0, 0.1) is 5.82 Å². The number of halogens is 4. The number of nitrogen functional groups attached to an aromatic ring is 1. The fraction of sp³-hybridized carbons (Fsp3) is 0.350. The average Bonchev–Trinajstić information content (AvgIpc) is 2.62. The molecule has 162 valence electrons. The summed E-state index contributed by atoms with van der Waals surface area (Å²) in [5, 5.41) is 2.96. The monoisotopic (exact) mass is 464 g/mol. The second kappa shape index (κ2) is 12.1. The predicted octanol–water partition coefficient (Wildman–Crippen LogP) is 3.92. The van der Waals surface area contributed by atoms with Gasteiger partial charge in [-0.25, -0.2) is 4.39 Å². The molecule has 29 heavy (non-hydrogen) atoms. The van der Waals surface area contributed by atoms with Gasteiger partial charge in [0, 0.05) is 48.7 Å². The molecule has 1 aliphatic heterocycles. The van der Waals surface area contributed by atoms with Gasteiger partial charge in [-0.1, -0.05) is 6.07 Å². The molecule has 2 aromatic carbocycles. The predicted molar refractivity (Wildman–Crippen MR) is 125 cm³/mol. The summed E-state index contributed by atoms with van der Waals surface area (Å²) < 4.78 is 13.9. The zero-order valence-corrected chi connectivity index (χ0v) is 18.9. The first-order chi connectivity index (χ1) is 12.4. The van der Waals surface area contributed by atoms with E-state index < -0.39 is 0 Å². The SMILES string of the molecule is CC(NC(=O)c1cccc(N)c1)c1cc(F)ccc1N1CCN(C)CC1.Cl.Cl.Cl. The molecule has 3 rings (SSSR count). The third-order valence-corrected chi connectivity index (χ3v) is 4.80. The minimum Gasteiger partial charge on any atom is -0.399 e. The van der Waals surface area contributed by atoms with Gasteiger partial charge in [0.05, 0.1) is 6.04 Å². The van der Waals surface area contributed by atoms with Crippen LogP contribution in [0.1, 0.15) is 28.9 Å². The number of nitrogens with one attached hydrogen (secondary N) is 1. The summed E-state index contributed by atoms with van der Waals surface area (Å²) in [5.41, 5.74) is 8.54.